The van der Waals surface area contributed by atoms with Gasteiger partial charge in [-0.3, -0.25) is 0 Å². The van der Waals surface area contributed by atoms with Gasteiger partial charge in [-0.15, -0.1) is 0 Å². The Kier molecular flexibility index (Phi) is 3.48. The number of rotatable bonds is 2. The average Bonchev–Trinajstić information content (AvgIpc) is 2.32. The smallest absolute Gasteiger partial charge is 0.445 e. The third-order valence-electron chi connectivity index (χ3n) is 2.09. The Hall–Kier alpha value is -1.76. The lowest BCUT2D eigenvalue weighted by molar-refractivity contribution is 0.485. The number of benzene rings is 2. The predicted molar refractivity (Wildman–Crippen MR) is 67.7 cm³/mol. The Morgan fingerprint density at radius 1 is 1.00 bits per heavy atom. The van der Waals surface area contributed by atoms with Crippen LogP contribution < -0.4 is 4.74 Å². The highest BCUT2D eigenvalue weighted by atomic mass is 35.5. The molecule has 0 radical (unpaired) electrons. The highest BCUT2D eigenvalue weighted by Crippen LogP contribution is 2.37. The van der Waals surface area contributed by atoms with E-state index >= 15 is 0 Å². The van der Waals surface area contributed by atoms with Gasteiger partial charge in [-0.05, 0) is 36.4 Å². The van der Waals surface area contributed by atoms with Crippen LogP contribution in [0, 0.1) is 5.39 Å². The molecule has 84 valence electrons. The fourth-order valence-electron chi connectivity index (χ4n) is 1.30. The van der Waals surface area contributed by atoms with Gasteiger partial charge in [0.2, 0.25) is 11.1 Å². The quantitative estimate of drug-likeness (QED) is 0.694. The van der Waals surface area contributed by atoms with Gasteiger partial charge in [0.25, 0.3) is 0 Å². The Morgan fingerprint density at radius 3 is 2.35 bits per heavy atom. The van der Waals surface area contributed by atoms with Crippen molar-refractivity contribution in [2.45, 2.75) is 0 Å². The zero-order chi connectivity index (χ0) is 12.3. The highest BCUT2D eigenvalue weighted by Gasteiger charge is 2.20. The molecule has 0 saturated carbocycles. The summed E-state index contributed by atoms with van der Waals surface area (Å²) in [5, 5.41) is 9.80. The monoisotopic (exact) mass is 265 g/mol. The molecule has 0 unspecified atom stereocenters. The fourth-order valence-corrected chi connectivity index (χ4v) is 1.63. The first-order valence-corrected chi connectivity index (χ1v) is 5.53. The van der Waals surface area contributed by atoms with Gasteiger partial charge in [0.1, 0.15) is 10.8 Å². The summed E-state index contributed by atoms with van der Waals surface area (Å²) in [7, 11) is 0. The molecule has 2 aromatic rings. The normalized spacial score (nSPS) is 9.71. The van der Waals surface area contributed by atoms with Crippen LogP contribution in [0.1, 0.15) is 0 Å². The van der Waals surface area contributed by atoms with Crippen LogP contribution in [0.3, 0.4) is 0 Å². The van der Waals surface area contributed by atoms with Gasteiger partial charge in [-0.1, -0.05) is 29.3 Å². The maximum Gasteiger partial charge on any atom is 0.445 e. The molecule has 0 aliphatic heterocycles. The molecule has 0 aliphatic carbocycles. The molecule has 0 aliphatic rings. The van der Waals surface area contributed by atoms with Crippen LogP contribution in [0.15, 0.2) is 42.5 Å². The van der Waals surface area contributed by atoms with E-state index < -0.39 is 0 Å². The van der Waals surface area contributed by atoms with Crippen molar-refractivity contribution in [2.24, 2.45) is 0 Å². The third kappa shape index (κ3) is 2.68. The van der Waals surface area contributed by atoms with E-state index in [1.165, 1.54) is 0 Å². The number of nitrogens with zero attached hydrogens (tertiary/aromatic N) is 2. The van der Waals surface area contributed by atoms with E-state index in [1.54, 1.807) is 42.5 Å². The van der Waals surface area contributed by atoms with E-state index in [0.29, 0.717) is 21.5 Å². The van der Waals surface area contributed by atoms with Crippen molar-refractivity contribution >= 4 is 28.9 Å². The van der Waals surface area contributed by atoms with E-state index in [1.807, 2.05) is 0 Å². The van der Waals surface area contributed by atoms with Gasteiger partial charge in [0.15, 0.2) is 4.98 Å². The van der Waals surface area contributed by atoms with Crippen LogP contribution in [0.2, 0.25) is 10.0 Å². The molecule has 2 rings (SSSR count). The number of halogens is 2. The molecular weight excluding hydrogens is 259 g/mol. The third-order valence-corrected chi connectivity index (χ3v) is 2.65. The van der Waals surface area contributed by atoms with E-state index in [9.17, 15) is 0 Å². The molecule has 5 heteroatoms. The van der Waals surface area contributed by atoms with Crippen LogP contribution in [0.4, 0.5) is 5.69 Å². The Labute approximate surface area is 108 Å². The van der Waals surface area contributed by atoms with Gasteiger partial charge in [-0.2, -0.15) is 0 Å². The maximum atomic E-state index is 8.86. The molecule has 0 atom stereocenters. The van der Waals surface area contributed by atoms with Crippen LogP contribution in [-0.2, 0) is 0 Å². The van der Waals surface area contributed by atoms with Crippen LogP contribution in [0.5, 0.6) is 11.5 Å². The first kappa shape index (κ1) is 11.7. The van der Waals surface area contributed by atoms with Gasteiger partial charge in [0.05, 0.1) is 0 Å². The van der Waals surface area contributed by atoms with E-state index in [2.05, 4.69) is 4.98 Å². The van der Waals surface area contributed by atoms with Crippen molar-refractivity contribution in [3.05, 3.63) is 57.5 Å². The summed E-state index contributed by atoms with van der Waals surface area (Å²) in [4.78, 5) is 3.10. The standard InChI is InChI=1S/C12H7Cl2N2O/c13-8-4-6-9(7-5-8)17-11-3-1-2-10(14)12(11)16-15/h1-7H/q+1. The molecule has 0 fully saturated rings. The van der Waals surface area contributed by atoms with Crippen molar-refractivity contribution in [1.29, 1.82) is 5.39 Å². The van der Waals surface area contributed by atoms with E-state index in [0.717, 1.165) is 0 Å². The molecule has 0 aromatic heterocycles. The summed E-state index contributed by atoms with van der Waals surface area (Å²) in [6.07, 6.45) is 0. The largest absolute Gasteiger partial charge is 0.449 e. The molecule has 0 heterocycles. The maximum absolute atomic E-state index is 8.86. The summed E-state index contributed by atoms with van der Waals surface area (Å²) in [5.74, 6) is 0.962. The van der Waals surface area contributed by atoms with Crippen LogP contribution in [-0.4, -0.2) is 0 Å². The highest BCUT2D eigenvalue weighted by molar-refractivity contribution is 6.33. The Morgan fingerprint density at radius 2 is 1.71 bits per heavy atom. The number of hydrogen-bond acceptors (Lipinski definition) is 2. The minimum atomic E-state index is 0.198. The zero-order valence-electron chi connectivity index (χ0n) is 8.60. The predicted octanol–water partition coefficient (Wildman–Crippen LogP) is 5.27. The van der Waals surface area contributed by atoms with E-state index in [-0.39, 0.29) is 5.69 Å². The van der Waals surface area contributed by atoms with Crippen molar-refractivity contribution in [3.8, 4) is 11.5 Å². The summed E-state index contributed by atoms with van der Waals surface area (Å²) in [6, 6.07) is 11.8. The number of ether oxygens (including phenoxy) is 1. The molecular formula is C12H7Cl2N2O+. The minimum absolute atomic E-state index is 0.198. The molecule has 0 amide bonds. The lowest BCUT2D eigenvalue weighted by atomic mass is 10.3. The van der Waals surface area contributed by atoms with Gasteiger partial charge < -0.3 is 4.74 Å². The summed E-state index contributed by atoms with van der Waals surface area (Å²) in [6.45, 7) is 0. The number of hydrogen-bond donors (Lipinski definition) is 0. The fraction of sp³-hybridized carbons (Fsp3) is 0. The summed E-state index contributed by atoms with van der Waals surface area (Å²) in [5.41, 5.74) is 0.198. The first-order valence-electron chi connectivity index (χ1n) is 4.78. The van der Waals surface area contributed by atoms with Crippen LogP contribution >= 0.6 is 23.2 Å². The lowest BCUT2D eigenvalue weighted by Gasteiger charge is -2.03. The summed E-state index contributed by atoms with van der Waals surface area (Å²) < 4.78 is 5.54. The van der Waals surface area contributed by atoms with E-state index in [4.69, 9.17) is 33.3 Å². The van der Waals surface area contributed by atoms with Crippen LogP contribution in [0.25, 0.3) is 4.98 Å². The zero-order valence-corrected chi connectivity index (χ0v) is 10.1. The topological polar surface area (TPSA) is 37.4 Å². The molecule has 0 bridgehead atoms. The van der Waals surface area contributed by atoms with Crippen molar-refractivity contribution in [3.63, 3.8) is 0 Å². The lowest BCUT2D eigenvalue weighted by Crippen LogP contribution is -1.84. The first-order chi connectivity index (χ1) is 8.20. The molecule has 0 spiro atoms. The molecule has 0 saturated heterocycles. The van der Waals surface area contributed by atoms with Gasteiger partial charge in [-0.25, -0.2) is 0 Å². The second kappa shape index (κ2) is 5.05. The number of diazo groups is 1. The molecule has 17 heavy (non-hydrogen) atoms. The Bertz CT molecular complexity index is 576. The molecule has 3 nitrogen and oxygen atoms in total. The van der Waals surface area contributed by atoms with Gasteiger partial charge >= 0.3 is 5.69 Å². The molecule has 2 aromatic carbocycles. The SMILES string of the molecule is N#[N+]c1c(Cl)cccc1Oc1ccc(Cl)cc1. The van der Waals surface area contributed by atoms with Crippen molar-refractivity contribution in [1.82, 2.24) is 0 Å². The second-order valence-electron chi connectivity index (χ2n) is 3.24. The Balaban J connectivity index is 2.34. The molecule has 0 N–H and O–H groups in total. The van der Waals surface area contributed by atoms with Crippen molar-refractivity contribution < 1.29 is 4.74 Å². The van der Waals surface area contributed by atoms with Gasteiger partial charge in [0, 0.05) is 5.02 Å². The summed E-state index contributed by atoms with van der Waals surface area (Å²) >= 11 is 11.6. The minimum Gasteiger partial charge on any atom is -0.449 e. The second-order valence-corrected chi connectivity index (χ2v) is 4.09. The average molecular weight is 266 g/mol. The van der Waals surface area contributed by atoms with Crippen molar-refractivity contribution in [2.75, 3.05) is 0 Å².